The molecule has 1 saturated carbocycles. The normalized spacial score (nSPS) is 14.8. The van der Waals surface area contributed by atoms with Gasteiger partial charge in [0.05, 0.1) is 5.69 Å². The van der Waals surface area contributed by atoms with Crippen LogP contribution in [0, 0.1) is 6.92 Å². The zero-order valence-electron chi connectivity index (χ0n) is 13.8. The summed E-state index contributed by atoms with van der Waals surface area (Å²) in [5.74, 6) is 1.55. The number of aromatic nitrogens is 5. The Morgan fingerprint density at radius 3 is 2.96 bits per heavy atom. The second-order valence-corrected chi connectivity index (χ2v) is 7.39. The maximum atomic E-state index is 12.3. The summed E-state index contributed by atoms with van der Waals surface area (Å²) in [4.78, 5) is 24.0. The molecule has 7 nitrogen and oxygen atoms in total. The first-order valence-corrected chi connectivity index (χ1v) is 8.98. The lowest BCUT2D eigenvalue weighted by atomic mass is 10.3. The molecule has 1 aliphatic carbocycles. The van der Waals surface area contributed by atoms with Gasteiger partial charge in [0.15, 0.2) is 0 Å². The van der Waals surface area contributed by atoms with Crippen LogP contribution in [0.2, 0.25) is 0 Å². The second-order valence-electron chi connectivity index (χ2n) is 6.40. The van der Waals surface area contributed by atoms with Crippen molar-refractivity contribution >= 4 is 16.3 Å². The smallest absolute Gasteiger partial charge is 0.275 e. The molecule has 1 fully saturated rings. The molecule has 0 aliphatic heterocycles. The number of rotatable bonds is 6. The van der Waals surface area contributed by atoms with E-state index in [0.29, 0.717) is 17.4 Å². The molecule has 0 spiro atoms. The van der Waals surface area contributed by atoms with E-state index in [1.807, 2.05) is 26.4 Å². The Kier molecular flexibility index (Phi) is 3.93. The quantitative estimate of drug-likeness (QED) is 0.680. The van der Waals surface area contributed by atoms with Crippen molar-refractivity contribution < 1.29 is 0 Å². The van der Waals surface area contributed by atoms with Gasteiger partial charge >= 0.3 is 0 Å². The average Bonchev–Trinajstić information content (AvgIpc) is 3.17. The van der Waals surface area contributed by atoms with Crippen molar-refractivity contribution in [3.63, 3.8) is 0 Å². The third-order valence-corrected chi connectivity index (χ3v) is 5.39. The summed E-state index contributed by atoms with van der Waals surface area (Å²) in [6.45, 7) is 4.39. The van der Waals surface area contributed by atoms with Crippen molar-refractivity contribution in [3.8, 4) is 0 Å². The van der Waals surface area contributed by atoms with E-state index in [-0.39, 0.29) is 5.56 Å². The van der Waals surface area contributed by atoms with Crippen LogP contribution in [-0.4, -0.2) is 42.6 Å². The maximum Gasteiger partial charge on any atom is 0.275 e. The van der Waals surface area contributed by atoms with Crippen LogP contribution < -0.4 is 5.56 Å². The van der Waals surface area contributed by atoms with Crippen LogP contribution in [0.5, 0.6) is 0 Å². The molecule has 0 amide bonds. The number of imidazole rings is 1. The minimum absolute atomic E-state index is 0.0861. The molecule has 0 unspecified atom stereocenters. The molecule has 0 saturated heterocycles. The second kappa shape index (κ2) is 6.10. The molecule has 4 rings (SSSR count). The number of nitrogens with zero attached hydrogens (tertiary/aromatic N) is 6. The van der Waals surface area contributed by atoms with Crippen LogP contribution in [0.1, 0.15) is 35.3 Å². The van der Waals surface area contributed by atoms with E-state index >= 15 is 0 Å². The van der Waals surface area contributed by atoms with Crippen molar-refractivity contribution in [2.75, 3.05) is 13.6 Å². The van der Waals surface area contributed by atoms with E-state index in [4.69, 9.17) is 0 Å². The molecular weight excluding hydrogens is 324 g/mol. The van der Waals surface area contributed by atoms with Crippen LogP contribution in [0.4, 0.5) is 0 Å². The highest BCUT2D eigenvalue weighted by Gasteiger charge is 2.28. The Hall–Kier alpha value is -2.06. The Morgan fingerprint density at radius 2 is 2.25 bits per heavy atom. The highest BCUT2D eigenvalue weighted by Crippen LogP contribution is 2.41. The van der Waals surface area contributed by atoms with E-state index < -0.39 is 0 Å². The predicted molar refractivity (Wildman–Crippen MR) is 92.4 cm³/mol. The van der Waals surface area contributed by atoms with Gasteiger partial charge in [-0.3, -0.25) is 9.69 Å². The van der Waals surface area contributed by atoms with E-state index in [1.54, 1.807) is 17.4 Å². The van der Waals surface area contributed by atoms with E-state index in [1.165, 1.54) is 17.4 Å². The van der Waals surface area contributed by atoms with Crippen LogP contribution in [0.15, 0.2) is 23.3 Å². The Morgan fingerprint density at radius 1 is 1.42 bits per heavy atom. The van der Waals surface area contributed by atoms with Gasteiger partial charge in [0.1, 0.15) is 10.8 Å². The number of likely N-dealkylation sites (N-methyl/N-ethyl adjacent to an activating group) is 1. The van der Waals surface area contributed by atoms with Crippen molar-refractivity contribution in [1.82, 2.24) is 29.0 Å². The lowest BCUT2D eigenvalue weighted by molar-refractivity contribution is 0.307. The predicted octanol–water partition coefficient (Wildman–Crippen LogP) is 1.67. The molecule has 0 bridgehead atoms. The summed E-state index contributed by atoms with van der Waals surface area (Å²) < 4.78 is 3.56. The Bertz CT molecular complexity index is 922. The Labute approximate surface area is 143 Å². The van der Waals surface area contributed by atoms with E-state index in [2.05, 4.69) is 24.5 Å². The maximum absolute atomic E-state index is 12.3. The molecule has 126 valence electrons. The molecule has 0 atom stereocenters. The first kappa shape index (κ1) is 15.5. The monoisotopic (exact) mass is 344 g/mol. The molecule has 3 aromatic heterocycles. The largest absolute Gasteiger partial charge is 0.334 e. The zero-order valence-corrected chi connectivity index (χ0v) is 14.7. The topological polar surface area (TPSA) is 68.3 Å². The molecule has 3 heterocycles. The number of hydrogen-bond acceptors (Lipinski definition) is 6. The molecule has 1 aliphatic rings. The fraction of sp³-hybridized carbons (Fsp3) is 0.500. The minimum atomic E-state index is -0.0861. The number of aryl methyl sites for hydroxylation is 1. The van der Waals surface area contributed by atoms with Crippen LogP contribution in [0.3, 0.4) is 0 Å². The third kappa shape index (κ3) is 3.11. The highest BCUT2D eigenvalue weighted by molar-refractivity contribution is 7.16. The third-order valence-electron chi connectivity index (χ3n) is 4.32. The van der Waals surface area contributed by atoms with Gasteiger partial charge in [-0.25, -0.2) is 9.97 Å². The molecule has 0 N–H and O–H groups in total. The fourth-order valence-corrected chi connectivity index (χ4v) is 3.81. The SMILES string of the molecule is Cc1nccn1CCN(C)Cc1cc(=O)n2nc(C3CC3)sc2n1. The highest BCUT2D eigenvalue weighted by atomic mass is 32.1. The van der Waals surface area contributed by atoms with Crippen LogP contribution in [0.25, 0.3) is 4.96 Å². The average molecular weight is 344 g/mol. The molecule has 8 heteroatoms. The lowest BCUT2D eigenvalue weighted by Gasteiger charge is -2.16. The van der Waals surface area contributed by atoms with Gasteiger partial charge < -0.3 is 4.57 Å². The first-order chi connectivity index (χ1) is 11.6. The molecule has 24 heavy (non-hydrogen) atoms. The lowest BCUT2D eigenvalue weighted by Crippen LogP contribution is -2.25. The zero-order chi connectivity index (χ0) is 16.7. The van der Waals surface area contributed by atoms with Gasteiger partial charge in [0, 0.05) is 44.0 Å². The summed E-state index contributed by atoms with van der Waals surface area (Å²) >= 11 is 1.55. The summed E-state index contributed by atoms with van der Waals surface area (Å²) in [7, 11) is 2.04. The van der Waals surface area contributed by atoms with Gasteiger partial charge in [-0.15, -0.1) is 0 Å². The van der Waals surface area contributed by atoms with Crippen LogP contribution in [-0.2, 0) is 13.1 Å². The molecule has 3 aromatic rings. The number of hydrogen-bond donors (Lipinski definition) is 0. The minimum Gasteiger partial charge on any atom is -0.334 e. The fourth-order valence-electron chi connectivity index (χ4n) is 2.72. The van der Waals surface area contributed by atoms with Crippen molar-refractivity contribution in [2.24, 2.45) is 0 Å². The van der Waals surface area contributed by atoms with Crippen molar-refractivity contribution in [2.45, 2.75) is 38.8 Å². The van der Waals surface area contributed by atoms with E-state index in [9.17, 15) is 4.79 Å². The molecule has 0 radical (unpaired) electrons. The first-order valence-electron chi connectivity index (χ1n) is 8.16. The summed E-state index contributed by atoms with van der Waals surface area (Å²) in [6, 6.07) is 1.60. The summed E-state index contributed by atoms with van der Waals surface area (Å²) in [6.07, 6.45) is 6.15. The van der Waals surface area contributed by atoms with Crippen LogP contribution >= 0.6 is 11.3 Å². The van der Waals surface area contributed by atoms with Gasteiger partial charge in [-0.05, 0) is 26.8 Å². The van der Waals surface area contributed by atoms with Gasteiger partial charge in [-0.2, -0.15) is 9.61 Å². The van der Waals surface area contributed by atoms with Gasteiger partial charge in [-0.1, -0.05) is 11.3 Å². The van der Waals surface area contributed by atoms with E-state index in [0.717, 1.165) is 29.6 Å². The van der Waals surface area contributed by atoms with Crippen molar-refractivity contribution in [1.29, 1.82) is 0 Å². The molecule has 0 aromatic carbocycles. The standard InChI is InChI=1S/C16H20N6OS/c1-11-17-5-6-21(11)8-7-20(2)10-13-9-14(23)22-16(18-13)24-15(19-22)12-3-4-12/h5-6,9,12H,3-4,7-8,10H2,1-2H3. The summed E-state index contributed by atoms with van der Waals surface area (Å²) in [5.41, 5.74) is 0.716. The van der Waals surface area contributed by atoms with Gasteiger partial charge in [0.2, 0.25) is 4.96 Å². The molecular formula is C16H20N6OS. The summed E-state index contributed by atoms with van der Waals surface area (Å²) in [5, 5.41) is 5.45. The number of fused-ring (bicyclic) bond motifs is 1. The van der Waals surface area contributed by atoms with Gasteiger partial charge in [0.25, 0.3) is 5.56 Å². The van der Waals surface area contributed by atoms with Crippen molar-refractivity contribution in [3.05, 3.63) is 45.3 Å². The Balaban J connectivity index is 1.47.